The van der Waals surface area contributed by atoms with Crippen LogP contribution in [0, 0.1) is 11.2 Å². The third kappa shape index (κ3) is 3.30. The summed E-state index contributed by atoms with van der Waals surface area (Å²) in [6.45, 7) is 0. The first-order valence-electron chi connectivity index (χ1n) is 9.29. The molecular formula is C19H23FN4O2. The van der Waals surface area contributed by atoms with Gasteiger partial charge in [0, 0.05) is 17.6 Å². The number of nitrogens with zero attached hydrogens (tertiary/aromatic N) is 1. The van der Waals surface area contributed by atoms with Crippen LogP contribution in [0.1, 0.15) is 51.4 Å². The van der Waals surface area contributed by atoms with E-state index in [4.69, 9.17) is 0 Å². The minimum atomic E-state index is -0.736. The number of aromatic amines is 1. The van der Waals surface area contributed by atoms with Crippen molar-refractivity contribution in [2.24, 2.45) is 5.41 Å². The number of fused-ring (bicyclic) bond motifs is 1. The summed E-state index contributed by atoms with van der Waals surface area (Å²) in [6, 6.07) is 1.34. The predicted molar refractivity (Wildman–Crippen MR) is 96.0 cm³/mol. The van der Waals surface area contributed by atoms with Crippen LogP contribution in [0.15, 0.2) is 18.5 Å². The number of pyridine rings is 1. The molecule has 7 heteroatoms. The minimum absolute atomic E-state index is 0.0634. The van der Waals surface area contributed by atoms with Crippen molar-refractivity contribution in [2.75, 3.05) is 5.32 Å². The average molecular weight is 358 g/mol. The molecule has 2 fully saturated rings. The highest BCUT2D eigenvalue weighted by atomic mass is 19.1. The molecule has 4 rings (SSSR count). The maximum absolute atomic E-state index is 13.4. The van der Waals surface area contributed by atoms with Crippen LogP contribution < -0.4 is 10.6 Å². The van der Waals surface area contributed by atoms with E-state index >= 15 is 0 Å². The molecular weight excluding hydrogens is 335 g/mol. The Morgan fingerprint density at radius 2 is 2.00 bits per heavy atom. The van der Waals surface area contributed by atoms with Gasteiger partial charge in [-0.2, -0.15) is 0 Å². The number of H-pyrrole nitrogens is 1. The highest BCUT2D eigenvalue weighted by Gasteiger charge is 2.40. The fourth-order valence-electron chi connectivity index (χ4n) is 4.60. The van der Waals surface area contributed by atoms with Crippen molar-refractivity contribution in [1.82, 2.24) is 15.3 Å². The second kappa shape index (κ2) is 6.70. The van der Waals surface area contributed by atoms with E-state index in [0.717, 1.165) is 25.5 Å². The first kappa shape index (κ1) is 17.0. The summed E-state index contributed by atoms with van der Waals surface area (Å²) >= 11 is 0. The molecule has 2 saturated carbocycles. The predicted octanol–water partition coefficient (Wildman–Crippen LogP) is 3.26. The molecule has 0 bridgehead atoms. The Hall–Kier alpha value is -2.44. The monoisotopic (exact) mass is 358 g/mol. The number of amides is 2. The number of rotatable bonds is 2. The molecule has 26 heavy (non-hydrogen) atoms. The molecule has 2 amide bonds. The van der Waals surface area contributed by atoms with E-state index in [1.807, 2.05) is 0 Å². The fourth-order valence-corrected chi connectivity index (χ4v) is 4.60. The molecule has 6 nitrogen and oxygen atoms in total. The van der Waals surface area contributed by atoms with Gasteiger partial charge in [0.2, 0.25) is 0 Å². The van der Waals surface area contributed by atoms with Crippen LogP contribution in [-0.2, 0) is 9.59 Å². The molecule has 138 valence electrons. The van der Waals surface area contributed by atoms with Crippen LogP contribution in [0.25, 0.3) is 11.0 Å². The van der Waals surface area contributed by atoms with Gasteiger partial charge < -0.3 is 15.6 Å². The van der Waals surface area contributed by atoms with E-state index in [0.29, 0.717) is 22.1 Å². The summed E-state index contributed by atoms with van der Waals surface area (Å²) in [6.07, 6.45) is 12.0. The largest absolute Gasteiger partial charge is 0.345 e. The second-order valence-corrected chi connectivity index (χ2v) is 7.68. The van der Waals surface area contributed by atoms with Gasteiger partial charge in [0.15, 0.2) is 0 Å². The Labute approximate surface area is 150 Å². The molecule has 1 spiro atoms. The Bertz CT molecular complexity index is 841. The van der Waals surface area contributed by atoms with Crippen LogP contribution in [-0.4, -0.2) is 27.8 Å². The Morgan fingerprint density at radius 1 is 1.19 bits per heavy atom. The average Bonchev–Trinajstić information content (AvgIpc) is 3.20. The lowest BCUT2D eigenvalue weighted by Crippen LogP contribution is -2.41. The molecule has 0 aliphatic heterocycles. The summed E-state index contributed by atoms with van der Waals surface area (Å²) in [5.74, 6) is -1.87. The lowest BCUT2D eigenvalue weighted by Gasteiger charge is -2.33. The van der Waals surface area contributed by atoms with Crippen LogP contribution in [0.2, 0.25) is 0 Å². The van der Waals surface area contributed by atoms with Crippen LogP contribution in [0.3, 0.4) is 0 Å². The van der Waals surface area contributed by atoms with Gasteiger partial charge in [0.05, 0.1) is 11.9 Å². The number of anilines is 1. The zero-order valence-electron chi connectivity index (χ0n) is 14.6. The van der Waals surface area contributed by atoms with Crippen LogP contribution in [0.5, 0.6) is 0 Å². The van der Waals surface area contributed by atoms with Gasteiger partial charge in [-0.25, -0.2) is 9.37 Å². The third-order valence-corrected chi connectivity index (χ3v) is 5.90. The maximum Gasteiger partial charge on any atom is 0.313 e. The first-order valence-corrected chi connectivity index (χ1v) is 9.29. The Balaban J connectivity index is 1.37. The van der Waals surface area contributed by atoms with E-state index in [-0.39, 0.29) is 6.04 Å². The molecule has 0 aromatic carbocycles. The van der Waals surface area contributed by atoms with Gasteiger partial charge in [0.1, 0.15) is 11.5 Å². The molecule has 2 aliphatic carbocycles. The smallest absolute Gasteiger partial charge is 0.313 e. The highest BCUT2D eigenvalue weighted by molar-refractivity contribution is 6.40. The van der Waals surface area contributed by atoms with Crippen molar-refractivity contribution in [1.29, 1.82) is 0 Å². The van der Waals surface area contributed by atoms with E-state index in [9.17, 15) is 14.0 Å². The molecule has 1 atom stereocenters. The van der Waals surface area contributed by atoms with Gasteiger partial charge in [-0.1, -0.05) is 19.3 Å². The van der Waals surface area contributed by atoms with Gasteiger partial charge in [0.25, 0.3) is 0 Å². The van der Waals surface area contributed by atoms with Crippen molar-refractivity contribution in [3.8, 4) is 0 Å². The van der Waals surface area contributed by atoms with Crippen molar-refractivity contribution in [2.45, 2.75) is 57.4 Å². The number of nitrogens with one attached hydrogen (secondary N) is 3. The van der Waals surface area contributed by atoms with E-state index < -0.39 is 17.6 Å². The number of carbonyl (C=O) groups is 2. The van der Waals surface area contributed by atoms with Gasteiger partial charge >= 0.3 is 11.8 Å². The first-order chi connectivity index (χ1) is 12.5. The SMILES string of the molecule is O=C(Nc1c[nH]c2ncc(F)cc12)C(=O)NC1CCC2(CCCCC2)C1. The van der Waals surface area contributed by atoms with E-state index in [2.05, 4.69) is 20.6 Å². The highest BCUT2D eigenvalue weighted by Crippen LogP contribution is 2.48. The van der Waals surface area contributed by atoms with Crippen LogP contribution >= 0.6 is 0 Å². The van der Waals surface area contributed by atoms with E-state index in [1.165, 1.54) is 44.4 Å². The summed E-state index contributed by atoms with van der Waals surface area (Å²) in [4.78, 5) is 31.3. The molecule has 2 aliphatic rings. The molecule has 3 N–H and O–H groups in total. The summed E-state index contributed by atoms with van der Waals surface area (Å²) < 4.78 is 13.4. The normalized spacial score (nSPS) is 21.8. The second-order valence-electron chi connectivity index (χ2n) is 7.68. The van der Waals surface area contributed by atoms with Crippen molar-refractivity contribution in [3.05, 3.63) is 24.3 Å². The number of carbonyl (C=O) groups excluding carboxylic acids is 2. The lowest BCUT2D eigenvalue weighted by molar-refractivity contribution is -0.136. The molecule has 2 heterocycles. The van der Waals surface area contributed by atoms with Crippen molar-refractivity contribution in [3.63, 3.8) is 0 Å². The lowest BCUT2D eigenvalue weighted by atomic mass is 9.73. The molecule has 1 unspecified atom stereocenters. The van der Waals surface area contributed by atoms with Crippen molar-refractivity contribution >= 4 is 28.5 Å². The number of hydrogen-bond acceptors (Lipinski definition) is 3. The fraction of sp³-hybridized carbons (Fsp3) is 0.526. The Morgan fingerprint density at radius 3 is 2.81 bits per heavy atom. The molecule has 2 aromatic rings. The van der Waals surface area contributed by atoms with Gasteiger partial charge in [-0.05, 0) is 43.6 Å². The summed E-state index contributed by atoms with van der Waals surface area (Å²) in [5.41, 5.74) is 1.17. The zero-order valence-corrected chi connectivity index (χ0v) is 14.6. The molecule has 0 radical (unpaired) electrons. The van der Waals surface area contributed by atoms with E-state index in [1.54, 1.807) is 0 Å². The summed E-state index contributed by atoms with van der Waals surface area (Å²) in [5, 5.41) is 5.86. The molecule has 0 saturated heterocycles. The minimum Gasteiger partial charge on any atom is -0.345 e. The summed E-state index contributed by atoms with van der Waals surface area (Å²) in [7, 11) is 0. The molecule has 2 aromatic heterocycles. The number of halogens is 1. The van der Waals surface area contributed by atoms with Crippen LogP contribution in [0.4, 0.5) is 10.1 Å². The zero-order chi connectivity index (χ0) is 18.1. The Kier molecular flexibility index (Phi) is 4.38. The standard InChI is InChI=1S/C19H23FN4O2/c20-12-8-14-15(11-22-16(14)21-10-12)24-18(26)17(25)23-13-4-7-19(9-13)5-2-1-3-6-19/h8,10-11,13H,1-7,9H2,(H,21,22)(H,23,25)(H,24,26). The number of aromatic nitrogens is 2. The van der Waals surface area contributed by atoms with Gasteiger partial charge in [-0.3, -0.25) is 9.59 Å². The van der Waals surface area contributed by atoms with Crippen molar-refractivity contribution < 1.29 is 14.0 Å². The third-order valence-electron chi connectivity index (χ3n) is 5.90. The topological polar surface area (TPSA) is 86.9 Å². The quantitative estimate of drug-likeness (QED) is 0.720. The maximum atomic E-state index is 13.4. The van der Waals surface area contributed by atoms with Gasteiger partial charge in [-0.15, -0.1) is 0 Å². The number of hydrogen-bond donors (Lipinski definition) is 3.